The summed E-state index contributed by atoms with van der Waals surface area (Å²) < 4.78 is 8.49. The van der Waals surface area contributed by atoms with E-state index in [0.717, 1.165) is 35.3 Å². The monoisotopic (exact) mass is 470 g/mol. The van der Waals surface area contributed by atoms with E-state index in [9.17, 15) is 19.2 Å². The lowest BCUT2D eigenvalue weighted by Crippen LogP contribution is -2.47. The minimum absolute atomic E-state index is 0.364. The number of aryl methyl sites for hydroxylation is 2. The number of fused-ring (bicyclic) bond motifs is 2. The minimum Gasteiger partial charge on any atom is -0.311 e. The molecule has 4 aromatic heterocycles. The van der Waals surface area contributed by atoms with Gasteiger partial charge in [-0.05, 0) is 0 Å². The molecule has 14 nitrogen and oxygen atoms in total. The highest BCUT2D eigenvalue weighted by Crippen LogP contribution is 2.12. The van der Waals surface area contributed by atoms with E-state index in [-0.39, 0.29) is 11.1 Å². The molecular formula is C20H26N10O4. The van der Waals surface area contributed by atoms with Crippen molar-refractivity contribution in [2.45, 2.75) is 13.3 Å². The molecule has 0 saturated carbocycles. The van der Waals surface area contributed by atoms with Gasteiger partial charge in [-0.1, -0.05) is 0 Å². The highest BCUT2D eigenvalue weighted by Gasteiger charge is 2.22. The van der Waals surface area contributed by atoms with Crippen LogP contribution in [0.15, 0.2) is 31.8 Å². The summed E-state index contributed by atoms with van der Waals surface area (Å²) in [6, 6.07) is 0. The Kier molecular flexibility index (Phi) is 5.13. The zero-order chi connectivity index (χ0) is 24.3. The summed E-state index contributed by atoms with van der Waals surface area (Å²) >= 11 is 0. The third-order valence-electron chi connectivity index (χ3n) is 6.60. The molecule has 0 N–H and O–H groups in total. The van der Waals surface area contributed by atoms with Crippen molar-refractivity contribution in [3.63, 3.8) is 0 Å². The Labute approximate surface area is 192 Å². The average molecular weight is 470 g/mol. The fourth-order valence-electron chi connectivity index (χ4n) is 4.51. The third kappa shape index (κ3) is 3.25. The van der Waals surface area contributed by atoms with Gasteiger partial charge in [0.25, 0.3) is 11.1 Å². The first kappa shape index (κ1) is 22.0. The van der Waals surface area contributed by atoms with E-state index in [0.29, 0.717) is 35.7 Å². The van der Waals surface area contributed by atoms with E-state index >= 15 is 0 Å². The van der Waals surface area contributed by atoms with Gasteiger partial charge in [-0.15, -0.1) is 0 Å². The molecular weight excluding hydrogens is 444 g/mol. The highest BCUT2D eigenvalue weighted by atomic mass is 16.2. The van der Waals surface area contributed by atoms with Crippen molar-refractivity contribution < 1.29 is 0 Å². The molecule has 180 valence electrons. The molecule has 1 saturated heterocycles. The van der Waals surface area contributed by atoms with Crippen molar-refractivity contribution >= 4 is 22.3 Å². The van der Waals surface area contributed by atoms with Gasteiger partial charge in [-0.2, -0.15) is 0 Å². The van der Waals surface area contributed by atoms with Crippen molar-refractivity contribution in [3.8, 4) is 0 Å². The summed E-state index contributed by atoms with van der Waals surface area (Å²) in [4.78, 5) is 62.6. The topological polar surface area (TPSA) is 130 Å². The number of imidazole rings is 2. The second-order valence-electron chi connectivity index (χ2n) is 8.70. The van der Waals surface area contributed by atoms with E-state index in [1.54, 1.807) is 35.9 Å². The number of rotatable bonds is 4. The van der Waals surface area contributed by atoms with Crippen LogP contribution in [-0.4, -0.2) is 73.3 Å². The fourth-order valence-corrected chi connectivity index (χ4v) is 4.51. The predicted octanol–water partition coefficient (Wildman–Crippen LogP) is -2.59. The molecule has 5 heterocycles. The molecule has 0 radical (unpaired) electrons. The van der Waals surface area contributed by atoms with Gasteiger partial charge in [-0.25, -0.2) is 19.6 Å². The van der Waals surface area contributed by atoms with Crippen molar-refractivity contribution in [3.05, 3.63) is 54.3 Å². The quantitative estimate of drug-likeness (QED) is 0.318. The Balaban J connectivity index is 1.32. The smallest absolute Gasteiger partial charge is 0.311 e. The molecule has 0 amide bonds. The summed E-state index contributed by atoms with van der Waals surface area (Å²) in [5, 5.41) is 0. The predicted molar refractivity (Wildman–Crippen MR) is 124 cm³/mol. The number of piperazine rings is 1. The molecule has 1 fully saturated rings. The Morgan fingerprint density at radius 3 is 1.32 bits per heavy atom. The lowest BCUT2D eigenvalue weighted by Gasteiger charge is -2.34. The minimum atomic E-state index is -0.404. The summed E-state index contributed by atoms with van der Waals surface area (Å²) in [5.41, 5.74) is 0.00660. The molecule has 0 spiro atoms. The second kappa shape index (κ2) is 7.92. The molecule has 34 heavy (non-hydrogen) atoms. The zero-order valence-electron chi connectivity index (χ0n) is 19.5. The van der Waals surface area contributed by atoms with Gasteiger partial charge < -0.3 is 9.13 Å². The van der Waals surface area contributed by atoms with Crippen LogP contribution in [0.25, 0.3) is 22.3 Å². The Morgan fingerprint density at radius 2 is 0.971 bits per heavy atom. The van der Waals surface area contributed by atoms with E-state index in [4.69, 9.17) is 0 Å². The SMILES string of the molecule is Cn1c(=O)c2c(ncn2CN2CCN(Cn3cnc4c3c(=O)n(C)c(=O)n4C)CC2)n(C)c1=O. The molecule has 0 atom stereocenters. The number of aromatic nitrogens is 8. The van der Waals surface area contributed by atoms with Crippen LogP contribution in [0.5, 0.6) is 0 Å². The summed E-state index contributed by atoms with van der Waals surface area (Å²) in [6.07, 6.45) is 3.19. The molecule has 1 aliphatic rings. The van der Waals surface area contributed by atoms with E-state index < -0.39 is 11.4 Å². The molecule has 0 aromatic carbocycles. The first-order chi connectivity index (χ1) is 16.2. The maximum atomic E-state index is 12.7. The van der Waals surface area contributed by atoms with Crippen LogP contribution < -0.4 is 22.5 Å². The maximum absolute atomic E-state index is 12.7. The van der Waals surface area contributed by atoms with Crippen molar-refractivity contribution in [2.75, 3.05) is 26.2 Å². The second-order valence-corrected chi connectivity index (χ2v) is 8.70. The van der Waals surface area contributed by atoms with Gasteiger partial charge >= 0.3 is 11.4 Å². The van der Waals surface area contributed by atoms with Crippen LogP contribution in [0, 0.1) is 0 Å². The number of nitrogens with zero attached hydrogens (tertiary/aromatic N) is 10. The van der Waals surface area contributed by atoms with Gasteiger partial charge in [0.05, 0.1) is 26.0 Å². The molecule has 0 unspecified atom stereocenters. The maximum Gasteiger partial charge on any atom is 0.332 e. The Morgan fingerprint density at radius 1 is 0.618 bits per heavy atom. The van der Waals surface area contributed by atoms with Gasteiger partial charge in [-0.3, -0.25) is 37.7 Å². The molecule has 5 rings (SSSR count). The number of hydrogen-bond acceptors (Lipinski definition) is 8. The van der Waals surface area contributed by atoms with E-state index in [1.165, 1.54) is 23.2 Å². The van der Waals surface area contributed by atoms with Crippen LogP contribution >= 0.6 is 0 Å². The average Bonchev–Trinajstić information content (AvgIpc) is 3.44. The van der Waals surface area contributed by atoms with Gasteiger partial charge in [0.2, 0.25) is 0 Å². The van der Waals surface area contributed by atoms with Crippen LogP contribution in [0.4, 0.5) is 0 Å². The molecule has 14 heteroatoms. The first-order valence-electron chi connectivity index (χ1n) is 10.9. The van der Waals surface area contributed by atoms with Crippen LogP contribution in [0.1, 0.15) is 0 Å². The van der Waals surface area contributed by atoms with Gasteiger partial charge in [0.1, 0.15) is 0 Å². The van der Waals surface area contributed by atoms with Crippen LogP contribution in [0.2, 0.25) is 0 Å². The first-order valence-corrected chi connectivity index (χ1v) is 10.9. The largest absolute Gasteiger partial charge is 0.332 e. The van der Waals surface area contributed by atoms with Gasteiger partial charge in [0.15, 0.2) is 22.3 Å². The summed E-state index contributed by atoms with van der Waals surface area (Å²) in [5.74, 6) is 0. The summed E-state index contributed by atoms with van der Waals surface area (Å²) in [6.45, 7) is 3.94. The lowest BCUT2D eigenvalue weighted by molar-refractivity contribution is 0.0891. The molecule has 1 aliphatic heterocycles. The van der Waals surface area contributed by atoms with Crippen LogP contribution in [-0.2, 0) is 41.5 Å². The standard InChI is InChI=1S/C20H26N10O4/c1-23-15-13(17(31)25(3)19(23)33)29(9-21-15)11-27-5-7-28(8-6-27)12-30-10-22-16-14(30)18(32)26(4)20(34)24(16)2/h9-10H,5-8,11-12H2,1-4H3. The van der Waals surface area contributed by atoms with Crippen molar-refractivity contribution in [2.24, 2.45) is 28.2 Å². The van der Waals surface area contributed by atoms with E-state index in [1.807, 2.05) is 0 Å². The van der Waals surface area contributed by atoms with Crippen molar-refractivity contribution in [1.29, 1.82) is 0 Å². The summed E-state index contributed by atoms with van der Waals surface area (Å²) in [7, 11) is 6.13. The van der Waals surface area contributed by atoms with E-state index in [2.05, 4.69) is 19.8 Å². The van der Waals surface area contributed by atoms with Crippen LogP contribution in [0.3, 0.4) is 0 Å². The number of hydrogen-bond donors (Lipinski definition) is 0. The Hall–Kier alpha value is -3.78. The fraction of sp³-hybridized carbons (Fsp3) is 0.500. The van der Waals surface area contributed by atoms with Gasteiger partial charge in [0, 0.05) is 54.4 Å². The normalized spacial score (nSPS) is 15.6. The third-order valence-corrected chi connectivity index (χ3v) is 6.60. The molecule has 0 aliphatic carbocycles. The molecule has 0 bridgehead atoms. The lowest BCUT2D eigenvalue weighted by atomic mass is 10.3. The molecule has 4 aromatic rings. The Bertz CT molecular complexity index is 1530. The zero-order valence-corrected chi connectivity index (χ0v) is 19.5. The van der Waals surface area contributed by atoms with Crippen molar-refractivity contribution in [1.82, 2.24) is 47.2 Å². The highest BCUT2D eigenvalue weighted by molar-refractivity contribution is 5.70.